The molecule has 0 fully saturated rings. The summed E-state index contributed by atoms with van der Waals surface area (Å²) in [6, 6.07) is 12.1. The van der Waals surface area contributed by atoms with Crippen LogP contribution in [0.2, 0.25) is 0 Å². The fourth-order valence-electron chi connectivity index (χ4n) is 1.96. The molecular formula is C17H16N4O3. The molecule has 0 atom stereocenters. The van der Waals surface area contributed by atoms with Crippen LogP contribution in [0.1, 0.15) is 5.56 Å². The monoisotopic (exact) mass is 324 g/mol. The van der Waals surface area contributed by atoms with Crippen LogP contribution in [0.4, 0.5) is 11.5 Å². The molecule has 0 radical (unpaired) electrons. The average molecular weight is 324 g/mol. The predicted octanol–water partition coefficient (Wildman–Crippen LogP) is 1.59. The van der Waals surface area contributed by atoms with Crippen LogP contribution in [-0.4, -0.2) is 36.0 Å². The Morgan fingerprint density at radius 2 is 2.04 bits per heavy atom. The number of aromatic nitrogens is 1. The Bertz CT molecular complexity index is 781. The summed E-state index contributed by atoms with van der Waals surface area (Å²) in [7, 11) is 1.68. The second-order valence-corrected chi connectivity index (χ2v) is 4.90. The first-order chi connectivity index (χ1) is 11.6. The van der Waals surface area contributed by atoms with Crippen molar-refractivity contribution in [3.63, 3.8) is 0 Å². The van der Waals surface area contributed by atoms with E-state index in [1.165, 1.54) is 18.3 Å². The smallest absolute Gasteiger partial charge is 0.311 e. The van der Waals surface area contributed by atoms with Crippen molar-refractivity contribution in [1.82, 2.24) is 10.3 Å². The fourth-order valence-corrected chi connectivity index (χ4v) is 1.96. The van der Waals surface area contributed by atoms with Crippen LogP contribution < -0.4 is 10.2 Å². The minimum Gasteiger partial charge on any atom is -0.352 e. The molecule has 7 heteroatoms. The summed E-state index contributed by atoms with van der Waals surface area (Å²) in [5.41, 5.74) is 0.684. The van der Waals surface area contributed by atoms with Crippen LogP contribution in [0.3, 0.4) is 0 Å². The quantitative estimate of drug-likeness (QED) is 0.513. The number of amides is 1. The summed E-state index contributed by atoms with van der Waals surface area (Å²) in [5.74, 6) is 5.12. The summed E-state index contributed by atoms with van der Waals surface area (Å²) >= 11 is 0. The van der Waals surface area contributed by atoms with Gasteiger partial charge in [0.05, 0.1) is 4.92 Å². The molecule has 1 aromatic heterocycles. The lowest BCUT2D eigenvalue weighted by molar-refractivity contribution is -0.384. The van der Waals surface area contributed by atoms with Crippen molar-refractivity contribution in [3.8, 4) is 11.8 Å². The number of carbonyl (C=O) groups is 1. The zero-order valence-corrected chi connectivity index (χ0v) is 13.1. The molecule has 0 bridgehead atoms. The van der Waals surface area contributed by atoms with Gasteiger partial charge in [0.1, 0.15) is 0 Å². The van der Waals surface area contributed by atoms with E-state index in [2.05, 4.69) is 22.1 Å². The van der Waals surface area contributed by atoms with Crippen molar-refractivity contribution in [2.45, 2.75) is 0 Å². The van der Waals surface area contributed by atoms with Crippen LogP contribution in [-0.2, 0) is 4.79 Å². The summed E-state index contributed by atoms with van der Waals surface area (Å²) in [5, 5.41) is 13.6. The molecule has 0 aliphatic heterocycles. The van der Waals surface area contributed by atoms with Crippen molar-refractivity contribution in [3.05, 3.63) is 64.3 Å². The first-order valence-electron chi connectivity index (χ1n) is 7.23. The summed E-state index contributed by atoms with van der Waals surface area (Å²) in [4.78, 5) is 27.8. The molecule has 1 aromatic carbocycles. The maximum Gasteiger partial charge on any atom is 0.311 e. The molecule has 1 heterocycles. The normalized spacial score (nSPS) is 9.54. The number of nitrogens with one attached hydrogen (secondary N) is 1. The lowest BCUT2D eigenvalue weighted by Gasteiger charge is -2.17. The van der Waals surface area contributed by atoms with Gasteiger partial charge in [-0.1, -0.05) is 24.1 Å². The molecule has 122 valence electrons. The second kappa shape index (κ2) is 8.29. The van der Waals surface area contributed by atoms with E-state index in [1.807, 2.05) is 30.3 Å². The standard InChI is InChI=1S/C17H16N4O3/c1-20(17-15(21(23)24)8-5-11-19-17)13-12-18-16(22)10-9-14-6-3-2-4-7-14/h2-8,11H,12-13H2,1H3,(H,18,22). The third-order valence-corrected chi connectivity index (χ3v) is 3.15. The van der Waals surface area contributed by atoms with E-state index >= 15 is 0 Å². The highest BCUT2D eigenvalue weighted by Crippen LogP contribution is 2.23. The third kappa shape index (κ3) is 4.81. The molecule has 1 amide bonds. The first-order valence-corrected chi connectivity index (χ1v) is 7.23. The van der Waals surface area contributed by atoms with E-state index in [9.17, 15) is 14.9 Å². The third-order valence-electron chi connectivity index (χ3n) is 3.15. The summed E-state index contributed by atoms with van der Waals surface area (Å²) < 4.78 is 0. The molecule has 0 aliphatic rings. The molecular weight excluding hydrogens is 308 g/mol. The molecule has 24 heavy (non-hydrogen) atoms. The van der Waals surface area contributed by atoms with Gasteiger partial charge in [-0.15, -0.1) is 0 Å². The van der Waals surface area contributed by atoms with Gasteiger partial charge in [0.25, 0.3) is 5.91 Å². The molecule has 0 spiro atoms. The number of likely N-dealkylation sites (N-methyl/N-ethyl adjacent to an activating group) is 1. The zero-order valence-electron chi connectivity index (χ0n) is 13.1. The lowest BCUT2D eigenvalue weighted by atomic mass is 10.2. The van der Waals surface area contributed by atoms with Crippen molar-refractivity contribution in [1.29, 1.82) is 0 Å². The van der Waals surface area contributed by atoms with Gasteiger partial charge in [0, 0.05) is 43.9 Å². The number of benzene rings is 1. The van der Waals surface area contributed by atoms with E-state index in [1.54, 1.807) is 11.9 Å². The van der Waals surface area contributed by atoms with Crippen molar-refractivity contribution < 1.29 is 9.72 Å². The Labute approximate surface area is 139 Å². The maximum absolute atomic E-state index is 11.7. The fraction of sp³-hybridized carbons (Fsp3) is 0.176. The maximum atomic E-state index is 11.7. The summed E-state index contributed by atoms with van der Waals surface area (Å²) in [6.45, 7) is 0.670. The lowest BCUT2D eigenvalue weighted by Crippen LogP contribution is -2.32. The Morgan fingerprint density at radius 1 is 1.29 bits per heavy atom. The van der Waals surface area contributed by atoms with Crippen LogP contribution in [0.5, 0.6) is 0 Å². The number of nitro groups is 1. The molecule has 2 rings (SSSR count). The molecule has 7 nitrogen and oxygen atoms in total. The Kier molecular flexibility index (Phi) is 5.86. The van der Waals surface area contributed by atoms with Crippen molar-refractivity contribution in [2.75, 3.05) is 25.0 Å². The molecule has 0 aliphatic carbocycles. The average Bonchev–Trinajstić information content (AvgIpc) is 2.60. The van der Waals surface area contributed by atoms with Gasteiger partial charge in [0.15, 0.2) is 0 Å². The van der Waals surface area contributed by atoms with E-state index in [0.29, 0.717) is 13.1 Å². The predicted molar refractivity (Wildman–Crippen MR) is 90.5 cm³/mol. The number of pyridine rings is 1. The Morgan fingerprint density at radius 3 is 2.75 bits per heavy atom. The van der Waals surface area contributed by atoms with Gasteiger partial charge >= 0.3 is 5.69 Å². The molecule has 0 saturated heterocycles. The highest BCUT2D eigenvalue weighted by molar-refractivity contribution is 5.94. The Balaban J connectivity index is 1.87. The Hall–Kier alpha value is -3.40. The minimum absolute atomic E-state index is 0.0739. The highest BCUT2D eigenvalue weighted by Gasteiger charge is 2.17. The largest absolute Gasteiger partial charge is 0.352 e. The number of anilines is 1. The topological polar surface area (TPSA) is 88.4 Å². The van der Waals surface area contributed by atoms with Gasteiger partial charge in [-0.2, -0.15) is 0 Å². The number of nitrogens with zero attached hydrogens (tertiary/aromatic N) is 3. The zero-order chi connectivity index (χ0) is 17.4. The highest BCUT2D eigenvalue weighted by atomic mass is 16.6. The molecule has 2 aromatic rings. The van der Waals surface area contributed by atoms with Crippen molar-refractivity contribution >= 4 is 17.4 Å². The van der Waals surface area contributed by atoms with E-state index in [4.69, 9.17) is 0 Å². The van der Waals surface area contributed by atoms with Gasteiger partial charge in [-0.3, -0.25) is 14.9 Å². The van der Waals surface area contributed by atoms with E-state index < -0.39 is 10.8 Å². The SMILES string of the molecule is CN(CCNC(=O)C#Cc1ccccc1)c1ncccc1[N+](=O)[O-]. The number of rotatable bonds is 5. The van der Waals surface area contributed by atoms with E-state index in [-0.39, 0.29) is 11.5 Å². The molecule has 0 saturated carbocycles. The molecule has 1 N–H and O–H groups in total. The van der Waals surface area contributed by atoms with Gasteiger partial charge in [0.2, 0.25) is 5.82 Å². The van der Waals surface area contributed by atoms with Gasteiger partial charge in [-0.25, -0.2) is 4.98 Å². The van der Waals surface area contributed by atoms with Gasteiger partial charge in [-0.05, 0) is 18.2 Å². The number of carbonyl (C=O) groups excluding carboxylic acids is 1. The number of hydrogen-bond acceptors (Lipinski definition) is 5. The van der Waals surface area contributed by atoms with Crippen LogP contribution in [0.15, 0.2) is 48.7 Å². The van der Waals surface area contributed by atoms with Crippen LogP contribution in [0, 0.1) is 22.0 Å². The van der Waals surface area contributed by atoms with E-state index in [0.717, 1.165) is 5.56 Å². The first kappa shape index (κ1) is 17.0. The van der Waals surface area contributed by atoms with Crippen LogP contribution in [0.25, 0.3) is 0 Å². The molecule has 0 unspecified atom stereocenters. The second-order valence-electron chi connectivity index (χ2n) is 4.90. The van der Waals surface area contributed by atoms with Crippen LogP contribution >= 0.6 is 0 Å². The van der Waals surface area contributed by atoms with Crippen molar-refractivity contribution in [2.24, 2.45) is 0 Å². The number of hydrogen-bond donors (Lipinski definition) is 1. The van der Waals surface area contributed by atoms with Gasteiger partial charge < -0.3 is 10.2 Å². The minimum atomic E-state index is -0.483. The summed E-state index contributed by atoms with van der Waals surface area (Å²) in [6.07, 6.45) is 1.49.